The van der Waals surface area contributed by atoms with Gasteiger partial charge in [0.25, 0.3) is 5.91 Å². The van der Waals surface area contributed by atoms with Crippen molar-refractivity contribution < 1.29 is 23.5 Å². The molecule has 0 spiro atoms. The van der Waals surface area contributed by atoms with E-state index in [4.69, 9.17) is 32.7 Å². The molecule has 0 radical (unpaired) electrons. The van der Waals surface area contributed by atoms with Crippen LogP contribution in [-0.2, 0) is 14.3 Å². The van der Waals surface area contributed by atoms with E-state index in [0.29, 0.717) is 46.5 Å². The number of esters is 1. The third-order valence-electron chi connectivity index (χ3n) is 5.15. The van der Waals surface area contributed by atoms with Gasteiger partial charge in [-0.1, -0.05) is 36.5 Å². The van der Waals surface area contributed by atoms with Crippen LogP contribution in [0.5, 0.6) is 5.75 Å². The standard InChI is InChI=1S/C21H30Cl2N2O4/c1-2-3-13-28-21(27)15-25(10-5-4-6-11-25)12-9-24-20(26)16-29-19-8-7-17(22)14-18(19)23/h7-8,14H,2-6,9-13,15-16H2,1H3/p+1. The monoisotopic (exact) mass is 445 g/mol. The minimum absolute atomic E-state index is 0.125. The highest BCUT2D eigenvalue weighted by Crippen LogP contribution is 2.27. The van der Waals surface area contributed by atoms with Crippen LogP contribution in [0, 0.1) is 0 Å². The highest BCUT2D eigenvalue weighted by Gasteiger charge is 2.33. The molecule has 1 amide bonds. The van der Waals surface area contributed by atoms with Gasteiger partial charge in [-0.25, -0.2) is 4.79 Å². The molecule has 6 nitrogen and oxygen atoms in total. The van der Waals surface area contributed by atoms with Crippen molar-refractivity contribution >= 4 is 35.1 Å². The molecular formula is C21H31Cl2N2O4+. The number of likely N-dealkylation sites (tertiary alicyclic amines) is 1. The number of carbonyl (C=O) groups is 2. The normalized spacial score (nSPS) is 15.6. The van der Waals surface area contributed by atoms with Gasteiger partial charge >= 0.3 is 5.97 Å². The number of carbonyl (C=O) groups excluding carboxylic acids is 2. The van der Waals surface area contributed by atoms with Crippen LogP contribution in [0.2, 0.25) is 10.0 Å². The van der Waals surface area contributed by atoms with Gasteiger partial charge in [-0.05, 0) is 43.9 Å². The molecule has 1 saturated heterocycles. The predicted molar refractivity (Wildman–Crippen MR) is 114 cm³/mol. The average molecular weight is 446 g/mol. The van der Waals surface area contributed by atoms with Gasteiger partial charge in [0.15, 0.2) is 13.2 Å². The summed E-state index contributed by atoms with van der Waals surface area (Å²) >= 11 is 11.9. The van der Waals surface area contributed by atoms with Crippen LogP contribution in [0.1, 0.15) is 39.0 Å². The maximum absolute atomic E-state index is 12.2. The summed E-state index contributed by atoms with van der Waals surface area (Å²) < 4.78 is 11.5. The summed E-state index contributed by atoms with van der Waals surface area (Å²) in [5.41, 5.74) is 0. The van der Waals surface area contributed by atoms with E-state index in [1.165, 1.54) is 6.42 Å². The van der Waals surface area contributed by atoms with Crippen molar-refractivity contribution in [1.29, 1.82) is 0 Å². The molecule has 0 aliphatic carbocycles. The van der Waals surface area contributed by atoms with Gasteiger partial charge < -0.3 is 19.3 Å². The van der Waals surface area contributed by atoms with E-state index in [2.05, 4.69) is 12.2 Å². The Morgan fingerprint density at radius 2 is 1.93 bits per heavy atom. The summed E-state index contributed by atoms with van der Waals surface area (Å²) in [5.74, 6) is 0.0460. The van der Waals surface area contributed by atoms with E-state index in [1.807, 2.05) is 0 Å². The van der Waals surface area contributed by atoms with Crippen molar-refractivity contribution in [3.05, 3.63) is 28.2 Å². The number of amides is 1. The van der Waals surface area contributed by atoms with Crippen molar-refractivity contribution in [3.8, 4) is 5.75 Å². The summed E-state index contributed by atoms with van der Waals surface area (Å²) in [4.78, 5) is 24.4. The van der Waals surface area contributed by atoms with Crippen molar-refractivity contribution in [2.45, 2.75) is 39.0 Å². The Hall–Kier alpha value is -1.50. The zero-order valence-corrected chi connectivity index (χ0v) is 18.6. The van der Waals surface area contributed by atoms with Gasteiger partial charge in [-0.3, -0.25) is 4.79 Å². The number of ether oxygens (including phenoxy) is 2. The molecule has 0 aromatic heterocycles. The number of halogens is 2. The third kappa shape index (κ3) is 8.41. The molecule has 2 rings (SSSR count). The molecule has 0 unspecified atom stereocenters. The molecule has 1 N–H and O–H groups in total. The van der Waals surface area contributed by atoms with Gasteiger partial charge in [0.1, 0.15) is 5.75 Å². The Bertz CT molecular complexity index is 679. The second-order valence-corrected chi connectivity index (χ2v) is 8.36. The first-order valence-electron chi connectivity index (χ1n) is 10.3. The summed E-state index contributed by atoms with van der Waals surface area (Å²) in [5, 5.41) is 3.76. The van der Waals surface area contributed by atoms with Crippen molar-refractivity contribution in [3.63, 3.8) is 0 Å². The fraction of sp³-hybridized carbons (Fsp3) is 0.619. The first-order valence-corrected chi connectivity index (χ1v) is 11.0. The molecule has 0 atom stereocenters. The lowest BCUT2D eigenvalue weighted by Gasteiger charge is -2.40. The second kappa shape index (κ2) is 12.3. The Kier molecular flexibility index (Phi) is 10.0. The van der Waals surface area contributed by atoms with Crippen LogP contribution in [0.25, 0.3) is 0 Å². The molecule has 0 bridgehead atoms. The summed E-state index contributed by atoms with van der Waals surface area (Å²) in [6, 6.07) is 4.86. The van der Waals surface area contributed by atoms with Gasteiger partial charge in [0, 0.05) is 5.02 Å². The molecule has 1 aromatic rings. The summed E-state index contributed by atoms with van der Waals surface area (Å²) in [6.45, 7) is 5.87. The van der Waals surface area contributed by atoms with E-state index in [1.54, 1.807) is 18.2 Å². The Morgan fingerprint density at radius 3 is 2.62 bits per heavy atom. The van der Waals surface area contributed by atoms with Crippen LogP contribution in [0.3, 0.4) is 0 Å². The molecule has 1 heterocycles. The van der Waals surface area contributed by atoms with Gasteiger partial charge in [-0.15, -0.1) is 0 Å². The largest absolute Gasteiger partial charge is 0.482 e. The number of piperidine rings is 1. The Morgan fingerprint density at radius 1 is 1.17 bits per heavy atom. The molecule has 1 aliphatic rings. The minimum Gasteiger partial charge on any atom is -0.482 e. The fourth-order valence-electron chi connectivity index (χ4n) is 3.51. The first-order chi connectivity index (χ1) is 13.9. The molecule has 1 aromatic carbocycles. The van der Waals surface area contributed by atoms with Crippen LogP contribution in [-0.4, -0.2) is 62.3 Å². The van der Waals surface area contributed by atoms with Crippen molar-refractivity contribution in [1.82, 2.24) is 5.32 Å². The van der Waals surface area contributed by atoms with Crippen LogP contribution >= 0.6 is 23.2 Å². The van der Waals surface area contributed by atoms with Crippen LogP contribution in [0.4, 0.5) is 0 Å². The quantitative estimate of drug-likeness (QED) is 0.319. The molecular weight excluding hydrogens is 415 g/mol. The number of benzene rings is 1. The number of unbranched alkanes of at least 4 members (excludes halogenated alkanes) is 1. The van der Waals surface area contributed by atoms with E-state index < -0.39 is 0 Å². The molecule has 29 heavy (non-hydrogen) atoms. The number of quaternary nitrogens is 1. The van der Waals surface area contributed by atoms with Crippen molar-refractivity contribution in [2.75, 3.05) is 45.9 Å². The first kappa shape index (κ1) is 23.8. The SMILES string of the molecule is CCCCOC(=O)C[N+]1(CCNC(=O)COc2ccc(Cl)cc2Cl)CCCCC1. The van der Waals surface area contributed by atoms with Crippen LogP contribution in [0.15, 0.2) is 18.2 Å². The van der Waals surface area contributed by atoms with E-state index >= 15 is 0 Å². The average Bonchev–Trinajstić information content (AvgIpc) is 2.68. The number of hydrogen-bond donors (Lipinski definition) is 1. The smallest absolute Gasteiger partial charge is 0.361 e. The number of rotatable bonds is 11. The summed E-state index contributed by atoms with van der Waals surface area (Å²) in [7, 11) is 0. The molecule has 162 valence electrons. The van der Waals surface area contributed by atoms with Gasteiger partial charge in [0.2, 0.25) is 0 Å². The highest BCUT2D eigenvalue weighted by molar-refractivity contribution is 6.35. The van der Waals surface area contributed by atoms with Crippen molar-refractivity contribution in [2.24, 2.45) is 0 Å². The molecule has 1 fully saturated rings. The van der Waals surface area contributed by atoms with Gasteiger partial charge in [-0.2, -0.15) is 0 Å². The third-order valence-corrected chi connectivity index (χ3v) is 5.68. The van der Waals surface area contributed by atoms with Gasteiger partial charge in [0.05, 0.1) is 37.8 Å². The second-order valence-electron chi connectivity index (χ2n) is 7.52. The number of nitrogens with zero attached hydrogens (tertiary/aromatic N) is 1. The zero-order valence-electron chi connectivity index (χ0n) is 17.1. The predicted octanol–water partition coefficient (Wildman–Crippen LogP) is 3.83. The highest BCUT2D eigenvalue weighted by atomic mass is 35.5. The lowest BCUT2D eigenvalue weighted by Crippen LogP contribution is -2.57. The van der Waals surface area contributed by atoms with E-state index in [-0.39, 0.29) is 18.5 Å². The van der Waals surface area contributed by atoms with Crippen LogP contribution < -0.4 is 10.1 Å². The number of nitrogens with one attached hydrogen (secondary N) is 1. The van der Waals surface area contributed by atoms with E-state index in [0.717, 1.165) is 38.8 Å². The molecule has 1 aliphatic heterocycles. The summed E-state index contributed by atoms with van der Waals surface area (Å²) in [6.07, 6.45) is 5.26. The Labute approximate surface area is 183 Å². The maximum atomic E-state index is 12.2. The molecule has 8 heteroatoms. The lowest BCUT2D eigenvalue weighted by atomic mass is 10.1. The Balaban J connectivity index is 1.78. The topological polar surface area (TPSA) is 64.6 Å². The number of hydrogen-bond acceptors (Lipinski definition) is 4. The fourth-order valence-corrected chi connectivity index (χ4v) is 3.98. The molecule has 0 saturated carbocycles. The lowest BCUT2D eigenvalue weighted by molar-refractivity contribution is -0.924. The maximum Gasteiger partial charge on any atom is 0.361 e. The zero-order chi connectivity index (χ0) is 21.1. The van der Waals surface area contributed by atoms with E-state index in [9.17, 15) is 9.59 Å². The minimum atomic E-state index is -0.225.